The van der Waals surface area contributed by atoms with Gasteiger partial charge in [0.15, 0.2) is 0 Å². The summed E-state index contributed by atoms with van der Waals surface area (Å²) in [6.45, 7) is 8.02. The van der Waals surface area contributed by atoms with Crippen molar-refractivity contribution in [3.63, 3.8) is 0 Å². The lowest BCUT2D eigenvalue weighted by Gasteiger charge is -2.06. The third-order valence-corrected chi connectivity index (χ3v) is 1.19. The molecular formula is C8H17NO2. The van der Waals surface area contributed by atoms with Crippen molar-refractivity contribution in [1.29, 1.82) is 0 Å². The number of hydrogen-bond acceptors (Lipinski definition) is 3. The van der Waals surface area contributed by atoms with E-state index in [1.165, 1.54) is 0 Å². The van der Waals surface area contributed by atoms with Crippen LogP contribution in [0.25, 0.3) is 0 Å². The molecule has 0 unspecified atom stereocenters. The molecule has 2 N–H and O–H groups in total. The highest BCUT2D eigenvalue weighted by Gasteiger charge is 1.90. The van der Waals surface area contributed by atoms with Gasteiger partial charge in [-0.2, -0.15) is 0 Å². The van der Waals surface area contributed by atoms with Crippen LogP contribution in [-0.4, -0.2) is 26.4 Å². The number of ether oxygens (including phenoxy) is 2. The molecule has 3 nitrogen and oxygen atoms in total. The Morgan fingerprint density at radius 2 is 2.09 bits per heavy atom. The third kappa shape index (κ3) is 7.36. The van der Waals surface area contributed by atoms with Crippen LogP contribution in [0, 0.1) is 0 Å². The summed E-state index contributed by atoms with van der Waals surface area (Å²) in [5, 5.41) is 0. The smallest absolute Gasteiger partial charge is 0.111 e. The zero-order valence-electron chi connectivity index (χ0n) is 7.14. The first kappa shape index (κ1) is 10.5. The fourth-order valence-electron chi connectivity index (χ4n) is 0.532. The maximum atomic E-state index is 5.21. The molecule has 0 saturated heterocycles. The summed E-state index contributed by atoms with van der Waals surface area (Å²) >= 11 is 0. The maximum Gasteiger partial charge on any atom is 0.111 e. The van der Waals surface area contributed by atoms with Gasteiger partial charge in [-0.25, -0.2) is 0 Å². The molecule has 0 aromatic carbocycles. The molecule has 0 amide bonds. The van der Waals surface area contributed by atoms with E-state index in [-0.39, 0.29) is 0 Å². The van der Waals surface area contributed by atoms with Gasteiger partial charge in [-0.3, -0.25) is 0 Å². The van der Waals surface area contributed by atoms with E-state index in [1.807, 2.05) is 6.92 Å². The number of hydrogen-bond donors (Lipinski definition) is 1. The summed E-state index contributed by atoms with van der Waals surface area (Å²) in [7, 11) is 0. The Morgan fingerprint density at radius 1 is 1.36 bits per heavy atom. The Bertz CT molecular complexity index is 104. The first-order valence-corrected chi connectivity index (χ1v) is 3.89. The number of allylic oxidation sites excluding steroid dienone is 1. The lowest BCUT2D eigenvalue weighted by atomic mass is 10.4. The summed E-state index contributed by atoms with van der Waals surface area (Å²) in [5.74, 6) is 0.807. The minimum Gasteiger partial charge on any atom is -0.496 e. The van der Waals surface area contributed by atoms with Crippen molar-refractivity contribution in [1.82, 2.24) is 0 Å². The molecule has 0 heterocycles. The summed E-state index contributed by atoms with van der Waals surface area (Å²) in [4.78, 5) is 0. The molecule has 0 aliphatic heterocycles. The van der Waals surface area contributed by atoms with Crippen molar-refractivity contribution in [3.05, 3.63) is 12.3 Å². The molecule has 0 rings (SSSR count). The fourth-order valence-corrected chi connectivity index (χ4v) is 0.532. The molecule has 0 aromatic rings. The molecule has 0 aliphatic carbocycles. The summed E-state index contributed by atoms with van der Waals surface area (Å²) < 4.78 is 10.3. The molecule has 0 bridgehead atoms. The van der Waals surface area contributed by atoms with Crippen LogP contribution >= 0.6 is 0 Å². The fraction of sp³-hybridized carbons (Fsp3) is 0.750. The highest BCUT2D eigenvalue weighted by Crippen LogP contribution is 1.97. The van der Waals surface area contributed by atoms with Gasteiger partial charge in [0.1, 0.15) is 6.61 Å². The quantitative estimate of drug-likeness (QED) is 0.443. The van der Waals surface area contributed by atoms with Gasteiger partial charge in [-0.05, 0) is 0 Å². The first-order chi connectivity index (χ1) is 5.31. The molecular weight excluding hydrogens is 142 g/mol. The predicted octanol–water partition coefficient (Wildman–Crippen LogP) is 0.902. The topological polar surface area (TPSA) is 44.5 Å². The second kappa shape index (κ2) is 7.57. The Balaban J connectivity index is 2.95. The maximum absolute atomic E-state index is 5.21. The highest BCUT2D eigenvalue weighted by molar-refractivity contribution is 4.79. The Kier molecular flexibility index (Phi) is 7.19. The lowest BCUT2D eigenvalue weighted by molar-refractivity contribution is 0.0785. The van der Waals surface area contributed by atoms with Crippen LogP contribution in [-0.2, 0) is 9.47 Å². The van der Waals surface area contributed by atoms with E-state index < -0.39 is 0 Å². The SMILES string of the molecule is C=C(CC)OCCOCCN. The van der Waals surface area contributed by atoms with Crippen molar-refractivity contribution >= 4 is 0 Å². The molecule has 0 fully saturated rings. The largest absolute Gasteiger partial charge is 0.496 e. The molecule has 0 spiro atoms. The van der Waals surface area contributed by atoms with Crippen LogP contribution < -0.4 is 5.73 Å². The normalized spacial score (nSPS) is 9.64. The summed E-state index contributed by atoms with van der Waals surface area (Å²) in [5.41, 5.74) is 5.21. The van der Waals surface area contributed by atoms with Gasteiger partial charge < -0.3 is 15.2 Å². The van der Waals surface area contributed by atoms with Gasteiger partial charge in [0, 0.05) is 13.0 Å². The molecule has 11 heavy (non-hydrogen) atoms. The molecule has 0 radical (unpaired) electrons. The van der Waals surface area contributed by atoms with E-state index >= 15 is 0 Å². The molecule has 66 valence electrons. The van der Waals surface area contributed by atoms with Crippen LogP contribution in [0.3, 0.4) is 0 Å². The standard InChI is InChI=1S/C8H17NO2/c1-3-8(2)11-7-6-10-5-4-9/h2-7,9H2,1H3. The van der Waals surface area contributed by atoms with Gasteiger partial charge in [0.05, 0.1) is 19.0 Å². The average molecular weight is 159 g/mol. The Labute approximate surface area is 68.2 Å². The third-order valence-electron chi connectivity index (χ3n) is 1.19. The second-order valence-electron chi connectivity index (χ2n) is 2.14. The summed E-state index contributed by atoms with van der Waals surface area (Å²) in [6, 6.07) is 0. The molecule has 0 aliphatic rings. The van der Waals surface area contributed by atoms with Crippen LogP contribution in [0.1, 0.15) is 13.3 Å². The first-order valence-electron chi connectivity index (χ1n) is 3.89. The van der Waals surface area contributed by atoms with Gasteiger partial charge in [0.2, 0.25) is 0 Å². The van der Waals surface area contributed by atoms with Crippen LogP contribution in [0.2, 0.25) is 0 Å². The van der Waals surface area contributed by atoms with Crippen LogP contribution in [0.5, 0.6) is 0 Å². The highest BCUT2D eigenvalue weighted by atomic mass is 16.5. The molecule has 0 aromatic heterocycles. The Morgan fingerprint density at radius 3 is 2.64 bits per heavy atom. The van der Waals surface area contributed by atoms with Crippen molar-refractivity contribution in [2.24, 2.45) is 5.73 Å². The van der Waals surface area contributed by atoms with Gasteiger partial charge in [0.25, 0.3) is 0 Å². The van der Waals surface area contributed by atoms with E-state index in [0.29, 0.717) is 26.4 Å². The zero-order valence-corrected chi connectivity index (χ0v) is 7.14. The predicted molar refractivity (Wildman–Crippen MR) is 45.3 cm³/mol. The van der Waals surface area contributed by atoms with Gasteiger partial charge >= 0.3 is 0 Å². The van der Waals surface area contributed by atoms with Crippen molar-refractivity contribution in [2.45, 2.75) is 13.3 Å². The molecule has 3 heteroatoms. The molecule has 0 saturated carbocycles. The van der Waals surface area contributed by atoms with E-state index in [2.05, 4.69) is 6.58 Å². The van der Waals surface area contributed by atoms with Crippen molar-refractivity contribution < 1.29 is 9.47 Å². The Hall–Kier alpha value is -0.540. The minimum absolute atomic E-state index is 0.564. The number of nitrogens with two attached hydrogens (primary N) is 1. The van der Waals surface area contributed by atoms with Crippen LogP contribution in [0.15, 0.2) is 12.3 Å². The average Bonchev–Trinajstić information content (AvgIpc) is 2.04. The van der Waals surface area contributed by atoms with E-state index in [0.717, 1.165) is 12.2 Å². The van der Waals surface area contributed by atoms with E-state index in [4.69, 9.17) is 15.2 Å². The van der Waals surface area contributed by atoms with Crippen LogP contribution in [0.4, 0.5) is 0 Å². The lowest BCUT2D eigenvalue weighted by Crippen LogP contribution is -2.11. The van der Waals surface area contributed by atoms with Gasteiger partial charge in [-0.15, -0.1) is 0 Å². The summed E-state index contributed by atoms with van der Waals surface area (Å²) in [6.07, 6.45) is 0.858. The number of rotatable bonds is 7. The van der Waals surface area contributed by atoms with Crippen molar-refractivity contribution in [2.75, 3.05) is 26.4 Å². The van der Waals surface area contributed by atoms with E-state index in [9.17, 15) is 0 Å². The van der Waals surface area contributed by atoms with E-state index in [1.54, 1.807) is 0 Å². The zero-order chi connectivity index (χ0) is 8.53. The molecule has 0 atom stereocenters. The monoisotopic (exact) mass is 159 g/mol. The second-order valence-corrected chi connectivity index (χ2v) is 2.14. The van der Waals surface area contributed by atoms with Gasteiger partial charge in [-0.1, -0.05) is 13.5 Å². The van der Waals surface area contributed by atoms with Crippen molar-refractivity contribution in [3.8, 4) is 0 Å². The minimum atomic E-state index is 0.564.